The summed E-state index contributed by atoms with van der Waals surface area (Å²) >= 11 is 6.19. The van der Waals surface area contributed by atoms with Gasteiger partial charge in [0, 0.05) is 35.4 Å². The fraction of sp³-hybridized carbons (Fsp3) is 0.0556. The number of anilines is 1. The summed E-state index contributed by atoms with van der Waals surface area (Å²) < 4.78 is 5.41. The van der Waals surface area contributed by atoms with E-state index in [1.807, 2.05) is 0 Å². The molecular weight excluding hydrogens is 326 g/mol. The third-order valence-electron chi connectivity index (χ3n) is 3.42. The molecule has 0 spiro atoms. The lowest BCUT2D eigenvalue weighted by Gasteiger charge is -2.11. The molecule has 1 N–H and O–H groups in total. The first-order valence-electron chi connectivity index (χ1n) is 7.19. The van der Waals surface area contributed by atoms with Crippen LogP contribution in [0, 0.1) is 0 Å². The zero-order valence-electron chi connectivity index (χ0n) is 12.9. The molecule has 120 valence electrons. The van der Waals surface area contributed by atoms with Gasteiger partial charge in [0.25, 0.3) is 5.91 Å². The number of benzene rings is 1. The maximum atomic E-state index is 12.4. The van der Waals surface area contributed by atoms with Gasteiger partial charge in [-0.15, -0.1) is 0 Å². The van der Waals surface area contributed by atoms with Crippen LogP contribution in [-0.4, -0.2) is 23.0 Å². The molecule has 5 nitrogen and oxygen atoms in total. The van der Waals surface area contributed by atoms with Crippen LogP contribution >= 0.6 is 11.6 Å². The number of amides is 1. The van der Waals surface area contributed by atoms with Gasteiger partial charge in [-0.2, -0.15) is 0 Å². The molecule has 6 heteroatoms. The first-order chi connectivity index (χ1) is 11.7. The Morgan fingerprint density at radius 2 is 1.92 bits per heavy atom. The molecule has 0 radical (unpaired) electrons. The molecule has 2 aromatic heterocycles. The van der Waals surface area contributed by atoms with Crippen LogP contribution in [0.3, 0.4) is 0 Å². The summed E-state index contributed by atoms with van der Waals surface area (Å²) in [5.41, 5.74) is 2.48. The normalized spacial score (nSPS) is 10.2. The van der Waals surface area contributed by atoms with E-state index in [-0.39, 0.29) is 5.91 Å². The van der Waals surface area contributed by atoms with Gasteiger partial charge in [-0.05, 0) is 42.5 Å². The highest BCUT2D eigenvalue weighted by molar-refractivity contribution is 6.33. The lowest BCUT2D eigenvalue weighted by molar-refractivity contribution is 0.102. The van der Waals surface area contributed by atoms with E-state index in [4.69, 9.17) is 16.3 Å². The molecule has 0 aliphatic rings. The maximum absolute atomic E-state index is 12.4. The van der Waals surface area contributed by atoms with Crippen molar-refractivity contribution in [1.82, 2.24) is 9.97 Å². The molecule has 1 amide bonds. The van der Waals surface area contributed by atoms with Gasteiger partial charge < -0.3 is 10.1 Å². The topological polar surface area (TPSA) is 64.1 Å². The molecule has 0 saturated carbocycles. The molecule has 0 bridgehead atoms. The fourth-order valence-electron chi connectivity index (χ4n) is 2.25. The zero-order valence-corrected chi connectivity index (χ0v) is 13.6. The van der Waals surface area contributed by atoms with Crippen LogP contribution in [0.15, 0.2) is 61.1 Å². The molecular formula is C18H14ClN3O2. The van der Waals surface area contributed by atoms with Crippen molar-refractivity contribution in [1.29, 1.82) is 0 Å². The minimum absolute atomic E-state index is 0.238. The van der Waals surface area contributed by atoms with Gasteiger partial charge >= 0.3 is 0 Å². The number of carbonyl (C=O) groups is 1. The highest BCUT2D eigenvalue weighted by atomic mass is 35.5. The van der Waals surface area contributed by atoms with Gasteiger partial charge in [-0.25, -0.2) is 0 Å². The fourth-order valence-corrected chi connectivity index (χ4v) is 2.47. The van der Waals surface area contributed by atoms with Crippen LogP contribution in [-0.2, 0) is 0 Å². The second-order valence-corrected chi connectivity index (χ2v) is 5.35. The van der Waals surface area contributed by atoms with Crippen LogP contribution in [0.5, 0.6) is 5.75 Å². The van der Waals surface area contributed by atoms with Gasteiger partial charge in [0.2, 0.25) is 0 Å². The molecule has 3 aromatic rings. The van der Waals surface area contributed by atoms with Crippen LogP contribution < -0.4 is 10.1 Å². The van der Waals surface area contributed by atoms with E-state index in [2.05, 4.69) is 15.3 Å². The average Bonchev–Trinajstić information content (AvgIpc) is 2.62. The van der Waals surface area contributed by atoms with Gasteiger partial charge in [0.05, 0.1) is 17.8 Å². The second-order valence-electron chi connectivity index (χ2n) is 4.94. The summed E-state index contributed by atoms with van der Waals surface area (Å²) in [6, 6.07) is 12.1. The van der Waals surface area contributed by atoms with E-state index >= 15 is 0 Å². The van der Waals surface area contributed by atoms with Crippen molar-refractivity contribution in [2.45, 2.75) is 0 Å². The third kappa shape index (κ3) is 3.36. The number of nitrogens with zero attached hydrogens (tertiary/aromatic N) is 2. The number of methoxy groups -OCH3 is 1. The predicted octanol–water partition coefficient (Wildman–Crippen LogP) is 4.06. The molecule has 3 rings (SSSR count). The predicted molar refractivity (Wildman–Crippen MR) is 93.4 cm³/mol. The number of rotatable bonds is 4. The van der Waals surface area contributed by atoms with Crippen LogP contribution in [0.4, 0.5) is 5.69 Å². The highest BCUT2D eigenvalue weighted by Crippen LogP contribution is 2.33. The van der Waals surface area contributed by atoms with Crippen molar-refractivity contribution in [3.8, 4) is 17.0 Å². The van der Waals surface area contributed by atoms with Gasteiger partial charge in [-0.3, -0.25) is 14.8 Å². The number of halogens is 1. The van der Waals surface area contributed by atoms with Crippen LogP contribution in [0.2, 0.25) is 5.02 Å². The summed E-state index contributed by atoms with van der Waals surface area (Å²) in [6.45, 7) is 0. The average molecular weight is 340 g/mol. The molecule has 2 heterocycles. The van der Waals surface area contributed by atoms with Gasteiger partial charge in [0.15, 0.2) is 0 Å². The van der Waals surface area contributed by atoms with Gasteiger partial charge in [0.1, 0.15) is 5.75 Å². The molecule has 0 aliphatic carbocycles. The Balaban J connectivity index is 1.92. The maximum Gasteiger partial charge on any atom is 0.255 e. The Bertz CT molecular complexity index is 869. The lowest BCUT2D eigenvalue weighted by atomic mass is 10.1. The molecule has 0 fully saturated rings. The molecule has 0 aliphatic heterocycles. The first kappa shape index (κ1) is 16.0. The van der Waals surface area contributed by atoms with Crippen molar-refractivity contribution in [2.75, 3.05) is 12.4 Å². The van der Waals surface area contributed by atoms with Crippen molar-refractivity contribution in [3.05, 3.63) is 71.6 Å². The smallest absolute Gasteiger partial charge is 0.255 e. The largest absolute Gasteiger partial charge is 0.496 e. The Labute approximate surface area is 144 Å². The Kier molecular flexibility index (Phi) is 4.72. The minimum atomic E-state index is -0.238. The monoisotopic (exact) mass is 339 g/mol. The van der Waals surface area contributed by atoms with E-state index < -0.39 is 0 Å². The number of hydrogen-bond donors (Lipinski definition) is 1. The Hall–Kier alpha value is -2.92. The van der Waals surface area contributed by atoms with Crippen LogP contribution in [0.1, 0.15) is 10.4 Å². The minimum Gasteiger partial charge on any atom is -0.496 e. The molecule has 0 saturated heterocycles. The quantitative estimate of drug-likeness (QED) is 0.778. The third-order valence-corrected chi connectivity index (χ3v) is 3.72. The summed E-state index contributed by atoms with van der Waals surface area (Å²) in [4.78, 5) is 20.6. The van der Waals surface area contributed by atoms with Crippen molar-refractivity contribution >= 4 is 23.2 Å². The van der Waals surface area contributed by atoms with E-state index in [1.54, 1.807) is 68.2 Å². The zero-order chi connectivity index (χ0) is 16.9. The van der Waals surface area contributed by atoms with E-state index in [9.17, 15) is 4.79 Å². The number of carbonyl (C=O) groups excluding carboxylic acids is 1. The number of aromatic nitrogens is 2. The molecule has 1 aromatic carbocycles. The first-order valence-corrected chi connectivity index (χ1v) is 7.57. The van der Waals surface area contributed by atoms with E-state index in [0.29, 0.717) is 27.7 Å². The van der Waals surface area contributed by atoms with Crippen molar-refractivity contribution in [3.63, 3.8) is 0 Å². The lowest BCUT2D eigenvalue weighted by Crippen LogP contribution is -2.12. The number of ether oxygens (including phenoxy) is 1. The van der Waals surface area contributed by atoms with Crippen molar-refractivity contribution in [2.24, 2.45) is 0 Å². The summed E-state index contributed by atoms with van der Waals surface area (Å²) in [7, 11) is 1.54. The number of nitrogens with one attached hydrogen (secondary N) is 1. The Morgan fingerprint density at radius 3 is 2.62 bits per heavy atom. The SMILES string of the molecule is COc1cc(C(=O)Nc2ccncc2)ccc1-c1ncccc1Cl. The number of hydrogen-bond acceptors (Lipinski definition) is 4. The molecule has 0 atom stereocenters. The van der Waals surface area contributed by atoms with Crippen molar-refractivity contribution < 1.29 is 9.53 Å². The summed E-state index contributed by atoms with van der Waals surface area (Å²) in [5.74, 6) is 0.288. The van der Waals surface area contributed by atoms with Gasteiger partial charge in [-0.1, -0.05) is 11.6 Å². The standard InChI is InChI=1S/C18H14ClN3O2/c1-24-16-11-12(18(23)22-13-6-9-20-10-7-13)4-5-14(16)17-15(19)3-2-8-21-17/h2-11H,1H3,(H,20,22,23). The van der Waals surface area contributed by atoms with E-state index in [1.165, 1.54) is 0 Å². The molecule has 0 unspecified atom stereocenters. The molecule has 24 heavy (non-hydrogen) atoms. The second kappa shape index (κ2) is 7.10. The Morgan fingerprint density at radius 1 is 1.12 bits per heavy atom. The van der Waals surface area contributed by atoms with Crippen LogP contribution in [0.25, 0.3) is 11.3 Å². The summed E-state index contributed by atoms with van der Waals surface area (Å²) in [5, 5.41) is 3.32. The highest BCUT2D eigenvalue weighted by Gasteiger charge is 2.14. The summed E-state index contributed by atoms with van der Waals surface area (Å²) in [6.07, 6.45) is 4.88. The number of pyridine rings is 2. The van der Waals surface area contributed by atoms with E-state index in [0.717, 1.165) is 5.56 Å².